The molecule has 0 aromatic carbocycles. The highest BCUT2D eigenvalue weighted by molar-refractivity contribution is 5.79. The van der Waals surface area contributed by atoms with Crippen molar-refractivity contribution < 1.29 is 4.79 Å². The van der Waals surface area contributed by atoms with Gasteiger partial charge in [-0.15, -0.1) is 0 Å². The topological polar surface area (TPSA) is 55.1 Å². The predicted octanol–water partition coefficient (Wildman–Crippen LogP) is 1.52. The lowest BCUT2D eigenvalue weighted by molar-refractivity contribution is -0.125. The van der Waals surface area contributed by atoms with E-state index in [0.717, 1.165) is 32.2 Å². The van der Waals surface area contributed by atoms with Crippen molar-refractivity contribution in [3.63, 3.8) is 0 Å². The average molecular weight is 212 g/mol. The summed E-state index contributed by atoms with van der Waals surface area (Å²) in [6, 6.07) is 0. The van der Waals surface area contributed by atoms with E-state index in [1.54, 1.807) is 0 Å². The summed E-state index contributed by atoms with van der Waals surface area (Å²) in [6.07, 6.45) is 4.37. The van der Waals surface area contributed by atoms with Crippen molar-refractivity contribution >= 4 is 5.91 Å². The Morgan fingerprint density at radius 1 is 1.47 bits per heavy atom. The maximum Gasteiger partial charge on any atom is 0.223 e. The largest absolute Gasteiger partial charge is 0.356 e. The molecule has 0 aromatic rings. The lowest BCUT2D eigenvalue weighted by Crippen LogP contribution is -2.35. The van der Waals surface area contributed by atoms with E-state index in [-0.39, 0.29) is 11.8 Å². The predicted molar refractivity (Wildman–Crippen MR) is 62.4 cm³/mol. The Kier molecular flexibility index (Phi) is 5.09. The highest BCUT2D eigenvalue weighted by Gasteiger charge is 2.31. The van der Waals surface area contributed by atoms with Crippen molar-refractivity contribution in [2.75, 3.05) is 13.1 Å². The highest BCUT2D eigenvalue weighted by Crippen LogP contribution is 2.30. The number of carbonyl (C=O) groups excluding carboxylic acids is 1. The molecule has 2 atom stereocenters. The van der Waals surface area contributed by atoms with Crippen molar-refractivity contribution in [2.45, 2.75) is 39.5 Å². The van der Waals surface area contributed by atoms with Crippen molar-refractivity contribution in [3.05, 3.63) is 0 Å². The molecule has 0 radical (unpaired) electrons. The van der Waals surface area contributed by atoms with Crippen molar-refractivity contribution in [1.82, 2.24) is 5.32 Å². The first-order valence-electron chi connectivity index (χ1n) is 6.13. The van der Waals surface area contributed by atoms with Crippen LogP contribution >= 0.6 is 0 Å². The van der Waals surface area contributed by atoms with Gasteiger partial charge in [-0.25, -0.2) is 0 Å². The molecule has 1 amide bonds. The molecule has 0 spiro atoms. The molecule has 0 bridgehead atoms. The van der Waals surface area contributed by atoms with E-state index in [4.69, 9.17) is 5.73 Å². The van der Waals surface area contributed by atoms with Gasteiger partial charge < -0.3 is 11.1 Å². The van der Waals surface area contributed by atoms with E-state index in [2.05, 4.69) is 19.2 Å². The minimum atomic E-state index is 0.183. The second-order valence-corrected chi connectivity index (χ2v) is 5.01. The standard InChI is InChI=1S/C12H24N2O/c1-9(2)6-7-14-12(15)11-5-3-4-10(11)8-13/h9-11H,3-8,13H2,1-2H3,(H,14,15). The second-order valence-electron chi connectivity index (χ2n) is 5.01. The van der Waals surface area contributed by atoms with Crippen molar-refractivity contribution in [3.8, 4) is 0 Å². The van der Waals surface area contributed by atoms with Crippen LogP contribution < -0.4 is 11.1 Å². The molecule has 0 aromatic heterocycles. The fourth-order valence-corrected chi connectivity index (χ4v) is 2.28. The smallest absolute Gasteiger partial charge is 0.223 e. The van der Waals surface area contributed by atoms with Crippen LogP contribution in [0.1, 0.15) is 39.5 Å². The summed E-state index contributed by atoms with van der Waals surface area (Å²) in [5, 5.41) is 3.03. The molecule has 3 N–H and O–H groups in total. The summed E-state index contributed by atoms with van der Waals surface area (Å²) in [7, 11) is 0. The van der Waals surface area contributed by atoms with Crippen LogP contribution in [0.5, 0.6) is 0 Å². The molecule has 1 rings (SSSR count). The molecule has 0 heterocycles. The van der Waals surface area contributed by atoms with Gasteiger partial charge in [-0.2, -0.15) is 0 Å². The molecule has 2 unspecified atom stereocenters. The average Bonchev–Trinajstić information content (AvgIpc) is 2.64. The van der Waals surface area contributed by atoms with Crippen LogP contribution in [0.2, 0.25) is 0 Å². The van der Waals surface area contributed by atoms with Crippen molar-refractivity contribution in [2.24, 2.45) is 23.5 Å². The van der Waals surface area contributed by atoms with Crippen LogP contribution in [-0.2, 0) is 4.79 Å². The van der Waals surface area contributed by atoms with Gasteiger partial charge in [0, 0.05) is 12.5 Å². The van der Waals surface area contributed by atoms with Gasteiger partial charge in [0.1, 0.15) is 0 Å². The number of amides is 1. The third-order valence-corrected chi connectivity index (χ3v) is 3.32. The van der Waals surface area contributed by atoms with Crippen LogP contribution in [0.3, 0.4) is 0 Å². The van der Waals surface area contributed by atoms with Gasteiger partial charge in [-0.3, -0.25) is 4.79 Å². The Balaban J connectivity index is 2.27. The third kappa shape index (κ3) is 3.82. The molecule has 3 heteroatoms. The maximum atomic E-state index is 11.8. The van der Waals surface area contributed by atoms with E-state index in [1.807, 2.05) is 0 Å². The second kappa shape index (κ2) is 6.11. The van der Waals surface area contributed by atoms with E-state index in [9.17, 15) is 4.79 Å². The first-order chi connectivity index (χ1) is 7.15. The molecule has 1 aliphatic carbocycles. The summed E-state index contributed by atoms with van der Waals surface area (Å²) in [6.45, 7) is 5.81. The van der Waals surface area contributed by atoms with Crippen LogP contribution in [0.4, 0.5) is 0 Å². The van der Waals surface area contributed by atoms with Gasteiger partial charge in [-0.05, 0) is 37.6 Å². The minimum absolute atomic E-state index is 0.183. The molecule has 0 aliphatic heterocycles. The first kappa shape index (κ1) is 12.5. The first-order valence-corrected chi connectivity index (χ1v) is 6.13. The molecule has 1 saturated carbocycles. The fraction of sp³-hybridized carbons (Fsp3) is 0.917. The number of carbonyl (C=O) groups is 1. The molecular weight excluding hydrogens is 188 g/mol. The summed E-state index contributed by atoms with van der Waals surface area (Å²) in [5.74, 6) is 1.48. The Labute approximate surface area is 92.8 Å². The molecule has 0 saturated heterocycles. The Bertz CT molecular complexity index is 204. The number of hydrogen-bond acceptors (Lipinski definition) is 2. The quantitative estimate of drug-likeness (QED) is 0.726. The number of nitrogens with one attached hydrogen (secondary N) is 1. The molecule has 3 nitrogen and oxygen atoms in total. The van der Waals surface area contributed by atoms with Crippen LogP contribution in [0, 0.1) is 17.8 Å². The van der Waals surface area contributed by atoms with Gasteiger partial charge in [0.15, 0.2) is 0 Å². The minimum Gasteiger partial charge on any atom is -0.356 e. The number of nitrogens with two attached hydrogens (primary N) is 1. The van der Waals surface area contributed by atoms with Gasteiger partial charge in [0.25, 0.3) is 0 Å². The maximum absolute atomic E-state index is 11.8. The molecule has 15 heavy (non-hydrogen) atoms. The lowest BCUT2D eigenvalue weighted by atomic mass is 9.95. The van der Waals surface area contributed by atoms with Gasteiger partial charge in [-0.1, -0.05) is 20.3 Å². The fourth-order valence-electron chi connectivity index (χ4n) is 2.28. The number of rotatable bonds is 5. The van der Waals surface area contributed by atoms with Crippen LogP contribution in [0.25, 0.3) is 0 Å². The highest BCUT2D eigenvalue weighted by atomic mass is 16.1. The van der Waals surface area contributed by atoms with E-state index < -0.39 is 0 Å². The van der Waals surface area contributed by atoms with Gasteiger partial charge in [0.05, 0.1) is 0 Å². The Morgan fingerprint density at radius 3 is 2.80 bits per heavy atom. The van der Waals surface area contributed by atoms with Crippen LogP contribution in [-0.4, -0.2) is 19.0 Å². The Morgan fingerprint density at radius 2 is 2.20 bits per heavy atom. The van der Waals surface area contributed by atoms with Crippen LogP contribution in [0.15, 0.2) is 0 Å². The zero-order valence-electron chi connectivity index (χ0n) is 9.96. The summed E-state index contributed by atoms with van der Waals surface area (Å²) < 4.78 is 0. The van der Waals surface area contributed by atoms with Crippen molar-refractivity contribution in [1.29, 1.82) is 0 Å². The SMILES string of the molecule is CC(C)CCNC(=O)C1CCCC1CN. The lowest BCUT2D eigenvalue weighted by Gasteiger charge is -2.17. The molecule has 88 valence electrons. The molecular formula is C12H24N2O. The normalized spacial score (nSPS) is 25.9. The zero-order chi connectivity index (χ0) is 11.3. The van der Waals surface area contributed by atoms with E-state index >= 15 is 0 Å². The third-order valence-electron chi connectivity index (χ3n) is 3.32. The Hall–Kier alpha value is -0.570. The van der Waals surface area contributed by atoms with E-state index in [1.165, 1.54) is 0 Å². The summed E-state index contributed by atoms with van der Waals surface area (Å²) in [4.78, 5) is 11.8. The van der Waals surface area contributed by atoms with E-state index in [0.29, 0.717) is 18.4 Å². The number of hydrogen-bond donors (Lipinski definition) is 2. The summed E-state index contributed by atoms with van der Waals surface area (Å²) >= 11 is 0. The molecule has 1 fully saturated rings. The van der Waals surface area contributed by atoms with Gasteiger partial charge >= 0.3 is 0 Å². The van der Waals surface area contributed by atoms with Gasteiger partial charge in [0.2, 0.25) is 5.91 Å². The zero-order valence-corrected chi connectivity index (χ0v) is 9.96. The molecule has 1 aliphatic rings. The summed E-state index contributed by atoms with van der Waals surface area (Å²) in [5.41, 5.74) is 5.66. The monoisotopic (exact) mass is 212 g/mol.